The molecule has 21 heavy (non-hydrogen) atoms. The average molecular weight is 296 g/mol. The molecule has 1 aromatic heterocycles. The van der Waals surface area contributed by atoms with E-state index in [1.54, 1.807) is 26.1 Å². The summed E-state index contributed by atoms with van der Waals surface area (Å²) in [5.74, 6) is 0.287. The van der Waals surface area contributed by atoms with Crippen LogP contribution in [-0.4, -0.2) is 14.7 Å². The van der Waals surface area contributed by atoms with E-state index in [-0.39, 0.29) is 23.6 Å². The van der Waals surface area contributed by atoms with Crippen LogP contribution in [-0.2, 0) is 13.6 Å². The number of hydrogen-bond acceptors (Lipinski definition) is 4. The maximum atomic E-state index is 12.4. The summed E-state index contributed by atoms with van der Waals surface area (Å²) in [7, 11) is 1.60. The van der Waals surface area contributed by atoms with Gasteiger partial charge in [0.25, 0.3) is 6.43 Å². The molecule has 0 aliphatic carbocycles. The first-order valence-corrected chi connectivity index (χ1v) is 6.19. The molecule has 1 N–H and O–H groups in total. The van der Waals surface area contributed by atoms with E-state index in [4.69, 9.17) is 0 Å². The Balaban J connectivity index is 2.15. The molecule has 0 radical (unpaired) electrons. The van der Waals surface area contributed by atoms with Crippen molar-refractivity contribution in [2.24, 2.45) is 7.05 Å². The number of aryl methyl sites for hydroxylation is 2. The van der Waals surface area contributed by atoms with Gasteiger partial charge in [-0.3, -0.25) is 10.1 Å². The lowest BCUT2D eigenvalue weighted by Gasteiger charge is -2.07. The largest absolute Gasteiger partial charge is 0.360 e. The molecule has 0 saturated heterocycles. The number of nitro groups is 1. The third kappa shape index (κ3) is 3.15. The van der Waals surface area contributed by atoms with Crippen molar-refractivity contribution in [3.8, 4) is 0 Å². The van der Waals surface area contributed by atoms with Crippen LogP contribution in [0.3, 0.4) is 0 Å². The van der Waals surface area contributed by atoms with Crippen molar-refractivity contribution in [3.05, 3.63) is 51.2 Å². The lowest BCUT2D eigenvalue weighted by molar-refractivity contribution is -0.384. The van der Waals surface area contributed by atoms with E-state index in [9.17, 15) is 18.9 Å². The van der Waals surface area contributed by atoms with Crippen molar-refractivity contribution < 1.29 is 13.7 Å². The molecule has 0 amide bonds. The maximum Gasteiger partial charge on any atom is 0.333 e. The van der Waals surface area contributed by atoms with E-state index in [1.165, 1.54) is 16.8 Å². The highest BCUT2D eigenvalue weighted by Gasteiger charge is 2.23. The minimum absolute atomic E-state index is 0.0545. The molecule has 0 saturated carbocycles. The molecule has 6 nitrogen and oxygen atoms in total. The van der Waals surface area contributed by atoms with Gasteiger partial charge in [-0.1, -0.05) is 24.3 Å². The molecule has 8 heteroatoms. The van der Waals surface area contributed by atoms with Gasteiger partial charge in [0, 0.05) is 19.2 Å². The summed E-state index contributed by atoms with van der Waals surface area (Å²) in [6.45, 7) is 1.84. The Morgan fingerprint density at radius 3 is 2.52 bits per heavy atom. The Labute approximate surface area is 119 Å². The summed E-state index contributed by atoms with van der Waals surface area (Å²) >= 11 is 0. The first kappa shape index (κ1) is 14.9. The van der Waals surface area contributed by atoms with E-state index in [2.05, 4.69) is 10.4 Å². The third-order valence-corrected chi connectivity index (χ3v) is 3.06. The number of alkyl halides is 2. The highest BCUT2D eigenvalue weighted by Crippen LogP contribution is 2.27. The number of nitrogens with one attached hydrogen (secondary N) is 1. The number of halogens is 2. The van der Waals surface area contributed by atoms with Crippen LogP contribution in [0.1, 0.15) is 23.2 Å². The molecule has 112 valence electrons. The molecular weight excluding hydrogens is 282 g/mol. The molecule has 1 heterocycles. The molecule has 0 aliphatic heterocycles. The van der Waals surface area contributed by atoms with Crippen molar-refractivity contribution in [1.29, 1.82) is 0 Å². The molecule has 0 spiro atoms. The van der Waals surface area contributed by atoms with Gasteiger partial charge in [-0.2, -0.15) is 5.10 Å². The standard InChI is InChI=1S/C13H14F2N4O2/c1-8-11(19(20)21)13(18(2)17-8)16-7-9-3-5-10(6-4-9)12(14)15/h3-6,12,16H,7H2,1-2H3. The third-order valence-electron chi connectivity index (χ3n) is 3.06. The smallest absolute Gasteiger partial charge is 0.333 e. The second kappa shape index (κ2) is 5.86. The van der Waals surface area contributed by atoms with Gasteiger partial charge in [-0.15, -0.1) is 0 Å². The molecular formula is C13H14F2N4O2. The highest BCUT2D eigenvalue weighted by atomic mass is 19.3. The summed E-state index contributed by atoms with van der Waals surface area (Å²) in [5.41, 5.74) is 0.924. The predicted molar refractivity (Wildman–Crippen MR) is 73.3 cm³/mol. The molecule has 0 unspecified atom stereocenters. The Bertz CT molecular complexity index is 653. The number of aromatic nitrogens is 2. The second-order valence-corrected chi connectivity index (χ2v) is 4.56. The molecule has 0 bridgehead atoms. The van der Waals surface area contributed by atoms with Crippen molar-refractivity contribution in [2.45, 2.75) is 19.9 Å². The minimum Gasteiger partial charge on any atom is -0.360 e. The van der Waals surface area contributed by atoms with E-state index >= 15 is 0 Å². The second-order valence-electron chi connectivity index (χ2n) is 4.56. The quantitative estimate of drug-likeness (QED) is 0.679. The average Bonchev–Trinajstić information content (AvgIpc) is 2.71. The van der Waals surface area contributed by atoms with Crippen LogP contribution >= 0.6 is 0 Å². The summed E-state index contributed by atoms with van der Waals surface area (Å²) in [6.07, 6.45) is -2.51. The van der Waals surface area contributed by atoms with Crippen LogP contribution in [0.25, 0.3) is 0 Å². The normalized spacial score (nSPS) is 10.9. The van der Waals surface area contributed by atoms with E-state index < -0.39 is 11.3 Å². The summed E-state index contributed by atoms with van der Waals surface area (Å²) in [5, 5.41) is 17.9. The number of benzene rings is 1. The molecule has 2 aromatic rings. The van der Waals surface area contributed by atoms with Crippen molar-refractivity contribution >= 4 is 11.5 Å². The van der Waals surface area contributed by atoms with Crippen LogP contribution in [0.4, 0.5) is 20.3 Å². The Morgan fingerprint density at radius 1 is 1.38 bits per heavy atom. The molecule has 1 aromatic carbocycles. The summed E-state index contributed by atoms with van der Waals surface area (Å²) < 4.78 is 26.3. The van der Waals surface area contributed by atoms with Crippen molar-refractivity contribution in [2.75, 3.05) is 5.32 Å². The zero-order valence-corrected chi connectivity index (χ0v) is 11.5. The fourth-order valence-corrected chi connectivity index (χ4v) is 2.03. The first-order chi connectivity index (χ1) is 9.90. The van der Waals surface area contributed by atoms with Gasteiger partial charge in [0.1, 0.15) is 5.69 Å². The topological polar surface area (TPSA) is 73.0 Å². The zero-order valence-electron chi connectivity index (χ0n) is 11.5. The number of nitrogens with zero attached hydrogens (tertiary/aromatic N) is 3. The van der Waals surface area contributed by atoms with Crippen molar-refractivity contribution in [3.63, 3.8) is 0 Å². The van der Waals surface area contributed by atoms with Crippen molar-refractivity contribution in [1.82, 2.24) is 9.78 Å². The summed E-state index contributed by atoms with van der Waals surface area (Å²) in [4.78, 5) is 10.5. The van der Waals surface area contributed by atoms with Gasteiger partial charge in [-0.25, -0.2) is 13.5 Å². The van der Waals surface area contributed by atoms with Gasteiger partial charge in [0.05, 0.1) is 4.92 Å². The lowest BCUT2D eigenvalue weighted by atomic mass is 10.1. The van der Waals surface area contributed by atoms with Crippen LogP contribution in [0.5, 0.6) is 0 Å². The van der Waals surface area contributed by atoms with E-state index in [1.807, 2.05) is 0 Å². The molecule has 0 aliphatic rings. The SMILES string of the molecule is Cc1nn(C)c(NCc2ccc(C(F)F)cc2)c1[N+](=O)[O-]. The fourth-order valence-electron chi connectivity index (χ4n) is 2.03. The highest BCUT2D eigenvalue weighted by molar-refractivity contribution is 5.59. The molecule has 2 rings (SSSR count). The Morgan fingerprint density at radius 2 is 2.00 bits per heavy atom. The minimum atomic E-state index is -2.51. The number of hydrogen-bond donors (Lipinski definition) is 1. The monoisotopic (exact) mass is 296 g/mol. The van der Waals surface area contributed by atoms with Crippen LogP contribution in [0.15, 0.2) is 24.3 Å². The Hall–Kier alpha value is -2.51. The molecule has 0 atom stereocenters. The van der Waals surface area contributed by atoms with Crippen LogP contribution < -0.4 is 5.32 Å². The van der Waals surface area contributed by atoms with Gasteiger partial charge in [-0.05, 0) is 12.5 Å². The number of anilines is 1. The zero-order chi connectivity index (χ0) is 15.6. The molecule has 0 fully saturated rings. The fraction of sp³-hybridized carbons (Fsp3) is 0.308. The Kier molecular flexibility index (Phi) is 4.15. The number of rotatable bonds is 5. The van der Waals surface area contributed by atoms with Gasteiger partial charge >= 0.3 is 5.69 Å². The first-order valence-electron chi connectivity index (χ1n) is 6.19. The summed E-state index contributed by atoms with van der Waals surface area (Å²) in [6, 6.07) is 5.79. The lowest BCUT2D eigenvalue weighted by Crippen LogP contribution is -2.06. The van der Waals surface area contributed by atoms with Crippen LogP contribution in [0.2, 0.25) is 0 Å². The van der Waals surface area contributed by atoms with Gasteiger partial charge < -0.3 is 5.32 Å². The predicted octanol–water partition coefficient (Wildman–Crippen LogP) is 3.19. The van der Waals surface area contributed by atoms with E-state index in [0.717, 1.165) is 5.56 Å². The van der Waals surface area contributed by atoms with Gasteiger partial charge in [0.2, 0.25) is 5.82 Å². The van der Waals surface area contributed by atoms with Crippen LogP contribution in [0, 0.1) is 17.0 Å². The van der Waals surface area contributed by atoms with E-state index in [0.29, 0.717) is 5.69 Å². The van der Waals surface area contributed by atoms with Gasteiger partial charge in [0.15, 0.2) is 0 Å². The maximum absolute atomic E-state index is 12.4.